The summed E-state index contributed by atoms with van der Waals surface area (Å²) in [7, 11) is 0. The number of fused-ring (bicyclic) bond motifs is 1. The first-order valence-corrected chi connectivity index (χ1v) is 6.39. The van der Waals surface area contributed by atoms with Gasteiger partial charge in [0.05, 0.1) is 0 Å². The van der Waals surface area contributed by atoms with Crippen LogP contribution in [-0.2, 0) is 4.74 Å². The smallest absolute Gasteiger partial charge is 0.414 e. The first kappa shape index (κ1) is 13.4. The van der Waals surface area contributed by atoms with Crippen molar-refractivity contribution in [3.63, 3.8) is 0 Å². The van der Waals surface area contributed by atoms with Gasteiger partial charge in [-0.1, -0.05) is 36.4 Å². The van der Waals surface area contributed by atoms with Crippen LogP contribution >= 0.6 is 0 Å². The summed E-state index contributed by atoms with van der Waals surface area (Å²) in [5, 5.41) is 2.28. The minimum Gasteiger partial charge on any atom is -0.443 e. The van der Waals surface area contributed by atoms with Gasteiger partial charge in [0.2, 0.25) is 0 Å². The Morgan fingerprint density at radius 2 is 1.89 bits per heavy atom. The summed E-state index contributed by atoms with van der Waals surface area (Å²) in [6.45, 7) is 6.10. The van der Waals surface area contributed by atoms with Crippen molar-refractivity contribution in [3.8, 4) is 0 Å². The summed E-state index contributed by atoms with van der Waals surface area (Å²) < 4.78 is 5.36. The fourth-order valence-corrected chi connectivity index (χ4v) is 1.81. The van der Waals surface area contributed by atoms with Crippen molar-refractivity contribution in [1.82, 2.24) is 4.90 Å². The first-order valence-electron chi connectivity index (χ1n) is 6.39. The lowest BCUT2D eigenvalue weighted by molar-refractivity contribution is 0.0356. The van der Waals surface area contributed by atoms with Gasteiger partial charge in [-0.15, -0.1) is 0 Å². The van der Waals surface area contributed by atoms with Gasteiger partial charge in [-0.25, -0.2) is 4.79 Å². The average Bonchev–Trinajstić information content (AvgIpc) is 2.27. The third kappa shape index (κ3) is 3.71. The van der Waals surface area contributed by atoms with Gasteiger partial charge in [0, 0.05) is 12.7 Å². The van der Waals surface area contributed by atoms with Gasteiger partial charge >= 0.3 is 6.09 Å². The number of amides is 1. The van der Waals surface area contributed by atoms with Crippen molar-refractivity contribution in [2.24, 2.45) is 0 Å². The molecule has 0 saturated carbocycles. The molecule has 0 radical (unpaired) electrons. The molecule has 1 aromatic rings. The van der Waals surface area contributed by atoms with Crippen molar-refractivity contribution >= 4 is 18.2 Å². The van der Waals surface area contributed by atoms with E-state index < -0.39 is 5.60 Å². The molecule has 1 aliphatic heterocycles. The minimum absolute atomic E-state index is 0.326. The fraction of sp³-hybridized carbons (Fsp3) is 0.312. The Kier molecular flexibility index (Phi) is 3.74. The molecule has 100 valence electrons. The van der Waals surface area contributed by atoms with Crippen LogP contribution in [0.3, 0.4) is 0 Å². The molecular formula is C16H19NO2. The Bertz CT molecular complexity index is 608. The molecule has 0 unspecified atom stereocenters. The van der Waals surface area contributed by atoms with Crippen molar-refractivity contribution in [2.45, 2.75) is 26.4 Å². The third-order valence-electron chi connectivity index (χ3n) is 2.67. The van der Waals surface area contributed by atoms with E-state index in [0.29, 0.717) is 6.54 Å². The van der Waals surface area contributed by atoms with E-state index in [1.54, 1.807) is 11.1 Å². The molecule has 1 aliphatic rings. The van der Waals surface area contributed by atoms with Crippen molar-refractivity contribution in [1.29, 1.82) is 0 Å². The van der Waals surface area contributed by atoms with E-state index in [4.69, 9.17) is 4.74 Å². The number of nitrogens with zero attached hydrogens (tertiary/aromatic N) is 1. The van der Waals surface area contributed by atoms with Crippen LogP contribution in [0.5, 0.6) is 0 Å². The summed E-state index contributed by atoms with van der Waals surface area (Å²) in [5.74, 6) is 0. The molecular weight excluding hydrogens is 238 g/mol. The maximum absolute atomic E-state index is 12.0. The second kappa shape index (κ2) is 5.31. The number of allylic oxidation sites excluding steroid dienone is 1. The van der Waals surface area contributed by atoms with E-state index in [1.165, 1.54) is 0 Å². The number of rotatable bonds is 0. The topological polar surface area (TPSA) is 29.5 Å². The predicted octanol–water partition coefficient (Wildman–Crippen LogP) is 2.01. The molecule has 0 bridgehead atoms. The lowest BCUT2D eigenvalue weighted by Crippen LogP contribution is -2.35. The zero-order chi connectivity index (χ0) is 13.9. The molecule has 1 heterocycles. The lowest BCUT2D eigenvalue weighted by atomic mass is 10.2. The Balaban J connectivity index is 2.24. The van der Waals surface area contributed by atoms with Crippen molar-refractivity contribution in [2.75, 3.05) is 6.54 Å². The number of ether oxygens (including phenoxy) is 1. The molecule has 0 aliphatic carbocycles. The molecule has 0 aromatic heterocycles. The van der Waals surface area contributed by atoms with Gasteiger partial charge in [-0.2, -0.15) is 0 Å². The van der Waals surface area contributed by atoms with E-state index >= 15 is 0 Å². The highest BCUT2D eigenvalue weighted by atomic mass is 16.6. The number of carbonyl (C=O) groups excluding carboxylic acids is 1. The molecule has 0 spiro atoms. The van der Waals surface area contributed by atoms with E-state index in [-0.39, 0.29) is 6.09 Å². The van der Waals surface area contributed by atoms with Crippen LogP contribution in [0, 0.1) is 0 Å². The van der Waals surface area contributed by atoms with Crippen LogP contribution in [0.2, 0.25) is 0 Å². The van der Waals surface area contributed by atoms with E-state index in [9.17, 15) is 4.79 Å². The van der Waals surface area contributed by atoms with E-state index in [0.717, 1.165) is 10.4 Å². The van der Waals surface area contributed by atoms with Crippen LogP contribution < -0.4 is 10.4 Å². The monoisotopic (exact) mass is 257 g/mol. The number of carbonyl (C=O) groups is 1. The first-order chi connectivity index (χ1) is 8.96. The minimum atomic E-state index is -0.477. The summed E-state index contributed by atoms with van der Waals surface area (Å²) in [5.41, 5.74) is -0.477. The Morgan fingerprint density at radius 1 is 1.21 bits per heavy atom. The number of hydrogen-bond donors (Lipinski definition) is 0. The van der Waals surface area contributed by atoms with E-state index in [2.05, 4.69) is 6.07 Å². The zero-order valence-electron chi connectivity index (χ0n) is 11.6. The van der Waals surface area contributed by atoms with Crippen LogP contribution in [0.4, 0.5) is 4.79 Å². The summed E-state index contributed by atoms with van der Waals surface area (Å²) in [4.78, 5) is 13.6. The van der Waals surface area contributed by atoms with Crippen LogP contribution in [0.15, 0.2) is 36.5 Å². The highest BCUT2D eigenvalue weighted by molar-refractivity contribution is 5.71. The highest BCUT2D eigenvalue weighted by Crippen LogP contribution is 2.10. The Labute approximate surface area is 113 Å². The SMILES string of the molecule is CC(C)(C)OC(=O)N1\C=C/C=c2/cccc/c2=C/C1. The quantitative estimate of drug-likeness (QED) is 0.711. The number of hydrogen-bond acceptors (Lipinski definition) is 2. The van der Waals surface area contributed by atoms with Gasteiger partial charge in [0.15, 0.2) is 0 Å². The van der Waals surface area contributed by atoms with Crippen LogP contribution in [-0.4, -0.2) is 23.1 Å². The van der Waals surface area contributed by atoms with Gasteiger partial charge in [-0.05, 0) is 37.3 Å². The highest BCUT2D eigenvalue weighted by Gasteiger charge is 2.20. The normalized spacial score (nSPS) is 19.8. The largest absolute Gasteiger partial charge is 0.443 e. The molecule has 1 amide bonds. The standard InChI is InChI=1S/C16H19NO2/c1-16(2,3)19-15(18)17-11-6-9-13-7-4-5-8-14(13)10-12-17/h4-11H,12H2,1-3H3/b11-6-,13-9-,14-10-. The fourth-order valence-electron chi connectivity index (χ4n) is 1.81. The van der Waals surface area contributed by atoms with Crippen molar-refractivity contribution in [3.05, 3.63) is 47.0 Å². The van der Waals surface area contributed by atoms with Gasteiger partial charge in [-0.3, -0.25) is 4.90 Å². The molecule has 0 N–H and O–H groups in total. The third-order valence-corrected chi connectivity index (χ3v) is 2.67. The van der Waals surface area contributed by atoms with Crippen LogP contribution in [0.1, 0.15) is 20.8 Å². The molecule has 0 atom stereocenters. The van der Waals surface area contributed by atoms with Crippen molar-refractivity contribution < 1.29 is 9.53 Å². The summed E-state index contributed by atoms with van der Waals surface area (Å²) in [6.07, 6.45) is 7.31. The van der Waals surface area contributed by atoms with Gasteiger partial charge < -0.3 is 4.74 Å². The summed E-state index contributed by atoms with van der Waals surface area (Å²) >= 11 is 0. The molecule has 3 heteroatoms. The lowest BCUT2D eigenvalue weighted by Gasteiger charge is -2.24. The zero-order valence-corrected chi connectivity index (χ0v) is 11.6. The maximum Gasteiger partial charge on any atom is 0.414 e. The molecule has 0 fully saturated rings. The molecule has 3 nitrogen and oxygen atoms in total. The molecule has 1 aromatic carbocycles. The predicted molar refractivity (Wildman–Crippen MR) is 76.7 cm³/mol. The molecule has 19 heavy (non-hydrogen) atoms. The Hall–Kier alpha value is -2.03. The maximum atomic E-state index is 12.0. The number of benzene rings is 1. The van der Waals surface area contributed by atoms with Gasteiger partial charge in [0.1, 0.15) is 5.60 Å². The van der Waals surface area contributed by atoms with Gasteiger partial charge in [0.25, 0.3) is 0 Å². The summed E-state index contributed by atoms with van der Waals surface area (Å²) in [6, 6.07) is 8.09. The Morgan fingerprint density at radius 3 is 2.58 bits per heavy atom. The van der Waals surface area contributed by atoms with E-state index in [1.807, 2.05) is 57.2 Å². The molecule has 2 rings (SSSR count). The molecule has 0 saturated heterocycles. The second-order valence-electron chi connectivity index (χ2n) is 5.47. The average molecular weight is 257 g/mol. The second-order valence-corrected chi connectivity index (χ2v) is 5.47. The van der Waals surface area contributed by atoms with Crippen LogP contribution in [0.25, 0.3) is 12.2 Å².